The van der Waals surface area contributed by atoms with Crippen LogP contribution in [0.2, 0.25) is 10.0 Å². The summed E-state index contributed by atoms with van der Waals surface area (Å²) in [4.78, 5) is 12.1. The molecule has 3 rings (SSSR count). The Hall–Kier alpha value is -2.23. The molecule has 1 aromatic heterocycles. The van der Waals surface area contributed by atoms with E-state index in [1.807, 2.05) is 24.3 Å². The fourth-order valence-corrected chi connectivity index (χ4v) is 2.46. The van der Waals surface area contributed by atoms with Crippen LogP contribution < -0.4 is 5.32 Å². The van der Waals surface area contributed by atoms with E-state index in [2.05, 4.69) is 5.32 Å². The van der Waals surface area contributed by atoms with Gasteiger partial charge in [-0.25, -0.2) is 0 Å². The molecule has 0 saturated carbocycles. The number of nitrogens with one attached hydrogen (secondary N) is 1. The monoisotopic (exact) mass is 345 g/mol. The number of carbonyl (C=O) groups excluding carboxylic acids is 1. The Morgan fingerprint density at radius 2 is 1.74 bits per heavy atom. The molecule has 0 saturated heterocycles. The number of benzene rings is 2. The maximum atomic E-state index is 12.1. The number of furan rings is 1. The van der Waals surface area contributed by atoms with Crippen LogP contribution in [0.1, 0.15) is 16.1 Å². The van der Waals surface area contributed by atoms with Gasteiger partial charge in [0, 0.05) is 21.2 Å². The van der Waals surface area contributed by atoms with Crippen molar-refractivity contribution in [2.75, 3.05) is 0 Å². The summed E-state index contributed by atoms with van der Waals surface area (Å²) in [6.45, 7) is 0.305. The molecule has 0 unspecified atom stereocenters. The summed E-state index contributed by atoms with van der Waals surface area (Å²) in [7, 11) is 0. The molecule has 3 aromatic rings. The zero-order chi connectivity index (χ0) is 16.2. The lowest BCUT2D eigenvalue weighted by Crippen LogP contribution is -2.22. The Bertz CT molecular complexity index is 825. The normalized spacial score (nSPS) is 10.5. The number of hydrogen-bond acceptors (Lipinski definition) is 2. The van der Waals surface area contributed by atoms with Crippen LogP contribution >= 0.6 is 23.2 Å². The van der Waals surface area contributed by atoms with E-state index in [1.165, 1.54) is 0 Å². The van der Waals surface area contributed by atoms with Crippen molar-refractivity contribution >= 4 is 29.1 Å². The maximum absolute atomic E-state index is 12.1. The first-order valence-electron chi connectivity index (χ1n) is 7.00. The van der Waals surface area contributed by atoms with Gasteiger partial charge in [-0.1, -0.05) is 29.3 Å². The molecule has 0 aliphatic rings. The summed E-state index contributed by atoms with van der Waals surface area (Å²) < 4.78 is 5.74. The van der Waals surface area contributed by atoms with Gasteiger partial charge in [-0.3, -0.25) is 4.79 Å². The number of hydrogen-bond donors (Lipinski definition) is 1. The number of amides is 1. The SMILES string of the molecule is O=C(NCc1ccc(-c2ccc(Cl)cc2)o1)c1cccc(Cl)c1. The highest BCUT2D eigenvalue weighted by Crippen LogP contribution is 2.23. The maximum Gasteiger partial charge on any atom is 0.251 e. The molecule has 116 valence electrons. The van der Waals surface area contributed by atoms with Crippen LogP contribution in [0.15, 0.2) is 65.1 Å². The molecule has 0 spiro atoms. The molecule has 0 radical (unpaired) electrons. The lowest BCUT2D eigenvalue weighted by Gasteiger charge is -2.04. The topological polar surface area (TPSA) is 42.2 Å². The van der Waals surface area contributed by atoms with E-state index in [1.54, 1.807) is 36.4 Å². The third-order valence-corrected chi connectivity index (χ3v) is 3.79. The van der Waals surface area contributed by atoms with Gasteiger partial charge < -0.3 is 9.73 Å². The molecular weight excluding hydrogens is 333 g/mol. The summed E-state index contributed by atoms with van der Waals surface area (Å²) >= 11 is 11.8. The third kappa shape index (κ3) is 3.95. The largest absolute Gasteiger partial charge is 0.459 e. The standard InChI is InChI=1S/C18H13Cl2NO2/c19-14-6-4-12(5-7-14)17-9-8-16(23-17)11-21-18(22)13-2-1-3-15(20)10-13/h1-10H,11H2,(H,21,22). The van der Waals surface area contributed by atoms with Crippen LogP contribution in [0.3, 0.4) is 0 Å². The molecule has 1 N–H and O–H groups in total. The molecule has 0 atom stereocenters. The van der Waals surface area contributed by atoms with Crippen LogP contribution in [-0.2, 0) is 6.54 Å². The van der Waals surface area contributed by atoms with Crippen molar-refractivity contribution in [3.63, 3.8) is 0 Å². The van der Waals surface area contributed by atoms with Crippen LogP contribution in [0, 0.1) is 0 Å². The molecule has 0 aliphatic carbocycles. The second-order valence-corrected chi connectivity index (χ2v) is 5.84. The van der Waals surface area contributed by atoms with Crippen molar-refractivity contribution in [3.05, 3.63) is 82.0 Å². The predicted molar refractivity (Wildman–Crippen MR) is 91.8 cm³/mol. The van der Waals surface area contributed by atoms with E-state index in [0.717, 1.165) is 11.3 Å². The minimum Gasteiger partial charge on any atom is -0.459 e. The summed E-state index contributed by atoms with van der Waals surface area (Å²) in [6, 6.07) is 17.9. The van der Waals surface area contributed by atoms with Crippen molar-refractivity contribution in [1.29, 1.82) is 0 Å². The fourth-order valence-electron chi connectivity index (χ4n) is 2.14. The molecule has 1 heterocycles. The molecule has 0 bridgehead atoms. The molecule has 0 fully saturated rings. The summed E-state index contributed by atoms with van der Waals surface area (Å²) in [5.41, 5.74) is 1.45. The first-order chi connectivity index (χ1) is 11.1. The van der Waals surface area contributed by atoms with Gasteiger partial charge in [0.2, 0.25) is 0 Å². The second kappa shape index (κ2) is 6.90. The van der Waals surface area contributed by atoms with Crippen molar-refractivity contribution in [3.8, 4) is 11.3 Å². The van der Waals surface area contributed by atoms with E-state index in [4.69, 9.17) is 27.6 Å². The molecule has 5 heteroatoms. The Morgan fingerprint density at radius 1 is 0.957 bits per heavy atom. The Labute approximate surface area is 143 Å². The van der Waals surface area contributed by atoms with Gasteiger partial charge in [-0.15, -0.1) is 0 Å². The van der Waals surface area contributed by atoms with Gasteiger partial charge in [0.1, 0.15) is 11.5 Å². The first-order valence-corrected chi connectivity index (χ1v) is 7.76. The van der Waals surface area contributed by atoms with Crippen molar-refractivity contribution < 1.29 is 9.21 Å². The minimum atomic E-state index is -0.197. The first kappa shape index (κ1) is 15.7. The smallest absolute Gasteiger partial charge is 0.251 e. The van der Waals surface area contributed by atoms with Crippen LogP contribution in [0.4, 0.5) is 0 Å². The lowest BCUT2D eigenvalue weighted by molar-refractivity contribution is 0.0948. The molecular formula is C18H13Cl2NO2. The van der Waals surface area contributed by atoms with E-state index in [0.29, 0.717) is 27.9 Å². The van der Waals surface area contributed by atoms with Crippen molar-refractivity contribution in [2.24, 2.45) is 0 Å². The molecule has 3 nitrogen and oxygen atoms in total. The zero-order valence-electron chi connectivity index (χ0n) is 12.1. The average molecular weight is 346 g/mol. The molecule has 23 heavy (non-hydrogen) atoms. The van der Waals surface area contributed by atoms with Crippen LogP contribution in [0.5, 0.6) is 0 Å². The van der Waals surface area contributed by atoms with Gasteiger partial charge in [0.25, 0.3) is 5.91 Å². The van der Waals surface area contributed by atoms with Gasteiger partial charge in [0.05, 0.1) is 6.54 Å². The van der Waals surface area contributed by atoms with E-state index in [9.17, 15) is 4.79 Å². The second-order valence-electron chi connectivity index (χ2n) is 4.97. The molecule has 2 aromatic carbocycles. The van der Waals surface area contributed by atoms with Crippen molar-refractivity contribution in [1.82, 2.24) is 5.32 Å². The fraction of sp³-hybridized carbons (Fsp3) is 0.0556. The summed E-state index contributed by atoms with van der Waals surface area (Å²) in [6.07, 6.45) is 0. The van der Waals surface area contributed by atoms with Gasteiger partial charge >= 0.3 is 0 Å². The zero-order valence-corrected chi connectivity index (χ0v) is 13.6. The summed E-state index contributed by atoms with van der Waals surface area (Å²) in [5.74, 6) is 1.20. The Morgan fingerprint density at radius 3 is 2.48 bits per heavy atom. The highest BCUT2D eigenvalue weighted by molar-refractivity contribution is 6.31. The van der Waals surface area contributed by atoms with Gasteiger partial charge in [-0.05, 0) is 54.6 Å². The Kier molecular flexibility index (Phi) is 4.70. The van der Waals surface area contributed by atoms with E-state index in [-0.39, 0.29) is 5.91 Å². The number of halogens is 2. The predicted octanol–water partition coefficient (Wildman–Crippen LogP) is 5.18. The Balaban J connectivity index is 1.65. The lowest BCUT2D eigenvalue weighted by atomic mass is 10.2. The van der Waals surface area contributed by atoms with Crippen LogP contribution in [-0.4, -0.2) is 5.91 Å². The highest BCUT2D eigenvalue weighted by Gasteiger charge is 2.08. The van der Waals surface area contributed by atoms with Crippen molar-refractivity contribution in [2.45, 2.75) is 6.54 Å². The average Bonchev–Trinajstić information content (AvgIpc) is 3.02. The van der Waals surface area contributed by atoms with Gasteiger partial charge in [0.15, 0.2) is 0 Å². The number of carbonyl (C=O) groups is 1. The molecule has 1 amide bonds. The quantitative estimate of drug-likeness (QED) is 0.707. The van der Waals surface area contributed by atoms with Crippen LogP contribution in [0.25, 0.3) is 11.3 Å². The van der Waals surface area contributed by atoms with E-state index < -0.39 is 0 Å². The highest BCUT2D eigenvalue weighted by atomic mass is 35.5. The third-order valence-electron chi connectivity index (χ3n) is 3.30. The molecule has 0 aliphatic heterocycles. The number of rotatable bonds is 4. The van der Waals surface area contributed by atoms with Gasteiger partial charge in [-0.2, -0.15) is 0 Å². The summed E-state index contributed by atoms with van der Waals surface area (Å²) in [5, 5.41) is 4.01. The van der Waals surface area contributed by atoms with E-state index >= 15 is 0 Å². The minimum absolute atomic E-state index is 0.197.